The lowest BCUT2D eigenvalue weighted by molar-refractivity contribution is 0.177. The van der Waals surface area contributed by atoms with Crippen LogP contribution in [0.4, 0.5) is 5.69 Å². The van der Waals surface area contributed by atoms with Crippen LogP contribution in [0, 0.1) is 0 Å². The van der Waals surface area contributed by atoms with Crippen molar-refractivity contribution >= 4 is 17.3 Å². The number of phenols is 1. The van der Waals surface area contributed by atoms with Crippen LogP contribution >= 0.6 is 11.6 Å². The topological polar surface area (TPSA) is 74.4 Å². The fraction of sp³-hybridized carbons (Fsp3) is 0.222. The molecule has 1 unspecified atom stereocenters. The van der Waals surface area contributed by atoms with Crippen molar-refractivity contribution in [2.75, 3.05) is 19.0 Å². The molecular weight excluding hydrogens is 340 g/mol. The fourth-order valence-corrected chi connectivity index (χ4v) is 2.67. The number of aliphatic hydroxyl groups excluding tert-OH is 1. The molecule has 0 aliphatic rings. The molecule has 1 heterocycles. The van der Waals surface area contributed by atoms with E-state index in [1.807, 2.05) is 43.3 Å². The first-order chi connectivity index (χ1) is 11.9. The summed E-state index contributed by atoms with van der Waals surface area (Å²) in [5.74, 6) is 0.0562. The van der Waals surface area contributed by atoms with Crippen molar-refractivity contribution in [3.8, 4) is 11.4 Å². The van der Waals surface area contributed by atoms with Crippen LogP contribution in [0.3, 0.4) is 0 Å². The maximum absolute atomic E-state index is 10.4. The summed E-state index contributed by atoms with van der Waals surface area (Å²) in [7, 11) is 3.93. The van der Waals surface area contributed by atoms with Gasteiger partial charge in [-0.05, 0) is 35.9 Å². The van der Waals surface area contributed by atoms with Crippen LogP contribution in [-0.4, -0.2) is 39.3 Å². The van der Waals surface area contributed by atoms with E-state index in [4.69, 9.17) is 11.6 Å². The molecule has 0 saturated carbocycles. The van der Waals surface area contributed by atoms with E-state index in [2.05, 4.69) is 10.3 Å². The van der Waals surface area contributed by atoms with Gasteiger partial charge in [0, 0.05) is 31.2 Å². The largest absolute Gasteiger partial charge is 0.506 e. The summed E-state index contributed by atoms with van der Waals surface area (Å²) < 4.78 is 1.44. The Bertz CT molecular complexity index is 862. The van der Waals surface area contributed by atoms with Crippen molar-refractivity contribution in [1.82, 2.24) is 15.0 Å². The summed E-state index contributed by atoms with van der Waals surface area (Å²) >= 11 is 5.96. The molecule has 0 radical (unpaired) electrons. The molecule has 3 aromatic rings. The highest BCUT2D eigenvalue weighted by atomic mass is 35.5. The standard InChI is InChI=1S/C18H19ClN4O2/c1-22(2)15-6-3-12(4-7-15)18(25)10-14-11-23(21-20-14)16-9-13(19)5-8-17(16)24/h3-9,11,18,24-25H,10H2,1-2H3. The Morgan fingerprint density at radius 3 is 2.56 bits per heavy atom. The predicted molar refractivity (Wildman–Crippen MR) is 97.5 cm³/mol. The highest BCUT2D eigenvalue weighted by Gasteiger charge is 2.13. The van der Waals surface area contributed by atoms with Crippen LogP contribution in [0.15, 0.2) is 48.7 Å². The van der Waals surface area contributed by atoms with Crippen LogP contribution in [-0.2, 0) is 6.42 Å². The number of aromatic hydroxyl groups is 1. The third kappa shape index (κ3) is 3.92. The van der Waals surface area contributed by atoms with Crippen molar-refractivity contribution in [1.29, 1.82) is 0 Å². The van der Waals surface area contributed by atoms with Crippen LogP contribution < -0.4 is 4.90 Å². The number of halogens is 1. The van der Waals surface area contributed by atoms with Gasteiger partial charge >= 0.3 is 0 Å². The summed E-state index contributed by atoms with van der Waals surface area (Å²) in [4.78, 5) is 2.00. The molecule has 2 aromatic carbocycles. The number of benzene rings is 2. The first kappa shape index (κ1) is 17.3. The summed E-state index contributed by atoms with van der Waals surface area (Å²) in [6.45, 7) is 0. The van der Waals surface area contributed by atoms with E-state index in [0.717, 1.165) is 11.3 Å². The molecular formula is C18H19ClN4O2. The monoisotopic (exact) mass is 358 g/mol. The summed E-state index contributed by atoms with van der Waals surface area (Å²) in [6.07, 6.45) is 1.31. The lowest BCUT2D eigenvalue weighted by atomic mass is 10.0. The van der Waals surface area contributed by atoms with Crippen LogP contribution in [0.1, 0.15) is 17.4 Å². The van der Waals surface area contributed by atoms with Gasteiger partial charge in [0.1, 0.15) is 11.4 Å². The second kappa shape index (κ2) is 7.13. The average molecular weight is 359 g/mol. The number of anilines is 1. The molecule has 0 saturated heterocycles. The molecule has 0 aliphatic heterocycles. The molecule has 0 spiro atoms. The van der Waals surface area contributed by atoms with Crippen molar-refractivity contribution in [3.05, 3.63) is 64.9 Å². The van der Waals surface area contributed by atoms with Crippen molar-refractivity contribution in [3.63, 3.8) is 0 Å². The second-order valence-corrected chi connectivity index (χ2v) is 6.43. The minimum absolute atomic E-state index is 0.0562. The number of phenolic OH excluding ortho intramolecular Hbond substituents is 1. The first-order valence-corrected chi connectivity index (χ1v) is 8.17. The minimum Gasteiger partial charge on any atom is -0.506 e. The SMILES string of the molecule is CN(C)c1ccc(C(O)Cc2cn(-c3cc(Cl)ccc3O)nn2)cc1. The summed E-state index contributed by atoms with van der Waals surface area (Å²) in [5.41, 5.74) is 2.93. The van der Waals surface area contributed by atoms with E-state index in [9.17, 15) is 10.2 Å². The van der Waals surface area contributed by atoms with E-state index in [1.54, 1.807) is 18.3 Å². The van der Waals surface area contributed by atoms with Crippen LogP contribution in [0.25, 0.3) is 5.69 Å². The van der Waals surface area contributed by atoms with Crippen LogP contribution in [0.2, 0.25) is 5.02 Å². The molecule has 6 nitrogen and oxygen atoms in total. The van der Waals surface area contributed by atoms with Crippen molar-refractivity contribution < 1.29 is 10.2 Å². The number of aromatic nitrogens is 3. The van der Waals surface area contributed by atoms with Crippen molar-refractivity contribution in [2.45, 2.75) is 12.5 Å². The number of nitrogens with zero attached hydrogens (tertiary/aromatic N) is 4. The summed E-state index contributed by atoms with van der Waals surface area (Å²) in [6, 6.07) is 12.4. The highest BCUT2D eigenvalue weighted by molar-refractivity contribution is 6.30. The normalized spacial score (nSPS) is 12.2. The first-order valence-electron chi connectivity index (χ1n) is 7.79. The number of aliphatic hydroxyl groups is 1. The van der Waals surface area contributed by atoms with Gasteiger partial charge in [0.05, 0.1) is 18.0 Å². The molecule has 7 heteroatoms. The van der Waals surface area contributed by atoms with Gasteiger partial charge in [-0.15, -0.1) is 5.10 Å². The zero-order valence-corrected chi connectivity index (χ0v) is 14.7. The van der Waals surface area contributed by atoms with E-state index in [0.29, 0.717) is 22.8 Å². The molecule has 0 aliphatic carbocycles. The minimum atomic E-state index is -0.686. The highest BCUT2D eigenvalue weighted by Crippen LogP contribution is 2.25. The maximum Gasteiger partial charge on any atom is 0.141 e. The molecule has 0 bridgehead atoms. The van der Waals surface area contributed by atoms with E-state index in [-0.39, 0.29) is 5.75 Å². The Balaban J connectivity index is 1.75. The van der Waals surface area contributed by atoms with Gasteiger partial charge in [-0.3, -0.25) is 0 Å². The van der Waals surface area contributed by atoms with Gasteiger partial charge in [0.15, 0.2) is 0 Å². The molecule has 1 aromatic heterocycles. The maximum atomic E-state index is 10.4. The van der Waals surface area contributed by atoms with E-state index in [1.165, 1.54) is 10.7 Å². The predicted octanol–water partition coefficient (Wildman–Crippen LogP) is 2.97. The molecule has 130 valence electrons. The molecule has 25 heavy (non-hydrogen) atoms. The van der Waals surface area contributed by atoms with E-state index < -0.39 is 6.10 Å². The average Bonchev–Trinajstić information content (AvgIpc) is 3.05. The summed E-state index contributed by atoms with van der Waals surface area (Å²) in [5, 5.41) is 28.9. The van der Waals surface area contributed by atoms with E-state index >= 15 is 0 Å². The Labute approximate surface area is 150 Å². The zero-order chi connectivity index (χ0) is 18.0. The Morgan fingerprint density at radius 2 is 1.88 bits per heavy atom. The smallest absolute Gasteiger partial charge is 0.141 e. The number of rotatable bonds is 5. The Kier molecular flexibility index (Phi) is 4.92. The third-order valence-electron chi connectivity index (χ3n) is 3.92. The zero-order valence-electron chi connectivity index (χ0n) is 14.0. The molecule has 0 amide bonds. The third-order valence-corrected chi connectivity index (χ3v) is 4.16. The van der Waals surface area contributed by atoms with Crippen LogP contribution in [0.5, 0.6) is 5.75 Å². The molecule has 1 atom stereocenters. The van der Waals surface area contributed by atoms with Gasteiger partial charge in [-0.1, -0.05) is 28.9 Å². The molecule has 2 N–H and O–H groups in total. The molecule has 0 fully saturated rings. The number of hydrogen-bond donors (Lipinski definition) is 2. The number of hydrogen-bond acceptors (Lipinski definition) is 5. The second-order valence-electron chi connectivity index (χ2n) is 5.99. The van der Waals surface area contributed by atoms with Crippen molar-refractivity contribution in [2.24, 2.45) is 0 Å². The van der Waals surface area contributed by atoms with Gasteiger partial charge < -0.3 is 15.1 Å². The van der Waals surface area contributed by atoms with Gasteiger partial charge in [0.2, 0.25) is 0 Å². The quantitative estimate of drug-likeness (QED) is 0.733. The van der Waals surface area contributed by atoms with Gasteiger partial charge in [0.25, 0.3) is 0 Å². The van der Waals surface area contributed by atoms with Gasteiger partial charge in [-0.2, -0.15) is 0 Å². The Hall–Kier alpha value is -2.57. The Morgan fingerprint density at radius 1 is 1.16 bits per heavy atom. The lowest BCUT2D eigenvalue weighted by Gasteiger charge is -2.14. The molecule has 3 rings (SSSR count). The van der Waals surface area contributed by atoms with Gasteiger partial charge in [-0.25, -0.2) is 4.68 Å². The lowest BCUT2D eigenvalue weighted by Crippen LogP contribution is -2.09. The fourth-order valence-electron chi connectivity index (χ4n) is 2.50.